The van der Waals surface area contributed by atoms with Crippen molar-refractivity contribution in [1.29, 1.82) is 0 Å². The molecule has 0 bridgehead atoms. The SMILES string of the molecule is COc1c(-c2cc(C(=O)O)no2)ccc2c1ccn2C. The van der Waals surface area contributed by atoms with Crippen molar-refractivity contribution in [2.75, 3.05) is 7.11 Å². The molecule has 0 radical (unpaired) electrons. The van der Waals surface area contributed by atoms with Crippen LogP contribution in [-0.4, -0.2) is 27.9 Å². The molecule has 0 aliphatic heterocycles. The number of hydrogen-bond donors (Lipinski definition) is 1. The second-order valence-electron chi connectivity index (χ2n) is 4.39. The zero-order chi connectivity index (χ0) is 14.3. The maximum absolute atomic E-state index is 10.9. The van der Waals surface area contributed by atoms with Gasteiger partial charge in [0.15, 0.2) is 11.5 Å². The van der Waals surface area contributed by atoms with E-state index in [1.165, 1.54) is 6.07 Å². The van der Waals surface area contributed by atoms with Crippen LogP contribution in [0.15, 0.2) is 35.0 Å². The van der Waals surface area contributed by atoms with Crippen LogP contribution in [0.4, 0.5) is 0 Å². The van der Waals surface area contributed by atoms with E-state index in [0.717, 1.165) is 10.9 Å². The van der Waals surface area contributed by atoms with E-state index >= 15 is 0 Å². The number of fused-ring (bicyclic) bond motifs is 1. The average Bonchev–Trinajstić information content (AvgIpc) is 3.05. The van der Waals surface area contributed by atoms with Crippen LogP contribution >= 0.6 is 0 Å². The number of carboxylic acid groups (broad SMARTS) is 1. The monoisotopic (exact) mass is 272 g/mol. The smallest absolute Gasteiger partial charge is 0.358 e. The number of carbonyl (C=O) groups is 1. The zero-order valence-corrected chi connectivity index (χ0v) is 11.0. The minimum absolute atomic E-state index is 0.129. The summed E-state index contributed by atoms with van der Waals surface area (Å²) in [6, 6.07) is 7.07. The molecule has 3 rings (SSSR count). The molecule has 0 amide bonds. The quantitative estimate of drug-likeness (QED) is 0.792. The molecule has 0 unspecified atom stereocenters. The number of aryl methyl sites for hydroxylation is 1. The summed E-state index contributed by atoms with van der Waals surface area (Å²) in [7, 11) is 3.51. The Hall–Kier alpha value is -2.76. The van der Waals surface area contributed by atoms with Crippen LogP contribution in [-0.2, 0) is 7.05 Å². The lowest BCUT2D eigenvalue weighted by Gasteiger charge is -2.07. The first-order chi connectivity index (χ1) is 9.61. The molecule has 0 fully saturated rings. The van der Waals surface area contributed by atoms with Gasteiger partial charge in [0.1, 0.15) is 5.75 Å². The number of aromatic carboxylic acids is 1. The normalized spacial score (nSPS) is 10.9. The Morgan fingerprint density at radius 1 is 1.40 bits per heavy atom. The van der Waals surface area contributed by atoms with Gasteiger partial charge in [-0.25, -0.2) is 4.79 Å². The Morgan fingerprint density at radius 3 is 2.85 bits per heavy atom. The summed E-state index contributed by atoms with van der Waals surface area (Å²) in [6.07, 6.45) is 1.93. The van der Waals surface area contributed by atoms with Crippen LogP contribution in [0.25, 0.3) is 22.2 Å². The van der Waals surface area contributed by atoms with Gasteiger partial charge in [-0.2, -0.15) is 0 Å². The second-order valence-corrected chi connectivity index (χ2v) is 4.39. The van der Waals surface area contributed by atoms with E-state index in [2.05, 4.69) is 5.16 Å². The van der Waals surface area contributed by atoms with Crippen molar-refractivity contribution in [3.05, 3.63) is 36.2 Å². The fourth-order valence-corrected chi connectivity index (χ4v) is 2.24. The maximum atomic E-state index is 10.9. The predicted molar refractivity (Wildman–Crippen MR) is 71.9 cm³/mol. The molecular weight excluding hydrogens is 260 g/mol. The second kappa shape index (κ2) is 4.41. The molecule has 0 saturated carbocycles. The van der Waals surface area contributed by atoms with Gasteiger partial charge in [0.05, 0.1) is 18.2 Å². The number of carboxylic acids is 1. The van der Waals surface area contributed by atoms with Gasteiger partial charge in [0.2, 0.25) is 0 Å². The van der Waals surface area contributed by atoms with Crippen LogP contribution in [0.1, 0.15) is 10.5 Å². The van der Waals surface area contributed by atoms with Gasteiger partial charge in [-0.05, 0) is 18.2 Å². The van der Waals surface area contributed by atoms with Crippen molar-refractivity contribution in [2.45, 2.75) is 0 Å². The molecule has 0 aliphatic rings. The summed E-state index contributed by atoms with van der Waals surface area (Å²) in [4.78, 5) is 10.9. The predicted octanol–water partition coefficient (Wildman–Crippen LogP) is 2.54. The third kappa shape index (κ3) is 1.73. The fraction of sp³-hybridized carbons (Fsp3) is 0.143. The molecule has 20 heavy (non-hydrogen) atoms. The summed E-state index contributed by atoms with van der Waals surface area (Å²) in [5.74, 6) is -0.124. The summed E-state index contributed by atoms with van der Waals surface area (Å²) >= 11 is 0. The van der Waals surface area contributed by atoms with E-state index in [9.17, 15) is 4.79 Å². The minimum Gasteiger partial charge on any atom is -0.495 e. The van der Waals surface area contributed by atoms with Crippen molar-refractivity contribution in [3.63, 3.8) is 0 Å². The van der Waals surface area contributed by atoms with Gasteiger partial charge in [0, 0.05) is 24.7 Å². The highest BCUT2D eigenvalue weighted by molar-refractivity contribution is 5.94. The summed E-state index contributed by atoms with van der Waals surface area (Å²) in [5, 5.41) is 13.3. The molecule has 1 aromatic carbocycles. The van der Waals surface area contributed by atoms with Crippen molar-refractivity contribution >= 4 is 16.9 Å². The molecule has 6 nitrogen and oxygen atoms in total. The Balaban J connectivity index is 2.22. The number of methoxy groups -OCH3 is 1. The molecule has 3 aromatic rings. The minimum atomic E-state index is -1.13. The van der Waals surface area contributed by atoms with E-state index in [-0.39, 0.29) is 5.69 Å². The summed E-state index contributed by atoms with van der Waals surface area (Å²) in [6.45, 7) is 0. The first-order valence-corrected chi connectivity index (χ1v) is 5.94. The standard InChI is InChI=1S/C14H12N2O4/c1-16-6-5-8-11(16)4-3-9(13(8)19-2)12-7-10(14(17)18)15-20-12/h3-7H,1-2H3,(H,17,18). The van der Waals surface area contributed by atoms with Crippen LogP contribution in [0.5, 0.6) is 5.75 Å². The number of aromatic nitrogens is 2. The Kier molecular flexibility index (Phi) is 2.71. The Labute approximate surface area is 114 Å². The van der Waals surface area contributed by atoms with Gasteiger partial charge >= 0.3 is 5.97 Å². The molecule has 102 valence electrons. The molecular formula is C14H12N2O4. The lowest BCUT2D eigenvalue weighted by molar-refractivity contribution is 0.0686. The molecule has 1 N–H and O–H groups in total. The molecule has 0 spiro atoms. The average molecular weight is 272 g/mol. The third-order valence-corrected chi connectivity index (χ3v) is 3.22. The van der Waals surface area contributed by atoms with Crippen LogP contribution in [0.2, 0.25) is 0 Å². The molecule has 0 saturated heterocycles. The third-order valence-electron chi connectivity index (χ3n) is 3.22. The van der Waals surface area contributed by atoms with E-state index < -0.39 is 5.97 Å². The Morgan fingerprint density at radius 2 is 2.20 bits per heavy atom. The molecule has 0 aliphatic carbocycles. The van der Waals surface area contributed by atoms with Crippen molar-refractivity contribution in [2.24, 2.45) is 7.05 Å². The van der Waals surface area contributed by atoms with Gasteiger partial charge in [-0.1, -0.05) is 5.16 Å². The van der Waals surface area contributed by atoms with E-state index in [1.54, 1.807) is 7.11 Å². The zero-order valence-electron chi connectivity index (χ0n) is 11.0. The number of rotatable bonds is 3. The lowest BCUT2D eigenvalue weighted by Crippen LogP contribution is -1.94. The van der Waals surface area contributed by atoms with Crippen molar-refractivity contribution in [3.8, 4) is 17.1 Å². The molecule has 2 aromatic heterocycles. The van der Waals surface area contributed by atoms with Crippen molar-refractivity contribution in [1.82, 2.24) is 9.72 Å². The van der Waals surface area contributed by atoms with Crippen LogP contribution in [0, 0.1) is 0 Å². The van der Waals surface area contributed by atoms with Crippen LogP contribution < -0.4 is 4.74 Å². The van der Waals surface area contributed by atoms with Gasteiger partial charge in [-0.15, -0.1) is 0 Å². The number of ether oxygens (including phenoxy) is 1. The van der Waals surface area contributed by atoms with E-state index in [4.69, 9.17) is 14.4 Å². The highest BCUT2D eigenvalue weighted by Crippen LogP contribution is 2.37. The van der Waals surface area contributed by atoms with E-state index in [0.29, 0.717) is 17.1 Å². The summed E-state index contributed by atoms with van der Waals surface area (Å²) < 4.78 is 12.5. The highest BCUT2D eigenvalue weighted by atomic mass is 16.5. The van der Waals surface area contributed by atoms with Gasteiger partial charge in [-0.3, -0.25) is 0 Å². The number of hydrogen-bond acceptors (Lipinski definition) is 4. The lowest BCUT2D eigenvalue weighted by atomic mass is 10.1. The Bertz CT molecular complexity index is 801. The van der Waals surface area contributed by atoms with Crippen molar-refractivity contribution < 1.29 is 19.2 Å². The number of benzene rings is 1. The number of nitrogens with zero attached hydrogens (tertiary/aromatic N) is 2. The molecule has 6 heteroatoms. The summed E-state index contributed by atoms with van der Waals surface area (Å²) in [5.41, 5.74) is 1.56. The molecule has 0 atom stereocenters. The van der Waals surface area contributed by atoms with Gasteiger partial charge in [0.25, 0.3) is 0 Å². The first kappa shape index (κ1) is 12.3. The maximum Gasteiger partial charge on any atom is 0.358 e. The van der Waals surface area contributed by atoms with Gasteiger partial charge < -0.3 is 18.9 Å². The molecule has 2 heterocycles. The fourth-order valence-electron chi connectivity index (χ4n) is 2.24. The van der Waals surface area contributed by atoms with Crippen LogP contribution in [0.3, 0.4) is 0 Å². The van der Waals surface area contributed by atoms with E-state index in [1.807, 2.05) is 36.0 Å². The topological polar surface area (TPSA) is 77.5 Å². The first-order valence-electron chi connectivity index (χ1n) is 5.94. The highest BCUT2D eigenvalue weighted by Gasteiger charge is 2.18. The largest absolute Gasteiger partial charge is 0.495 e.